The van der Waals surface area contributed by atoms with Gasteiger partial charge in [-0.05, 0) is 36.6 Å². The summed E-state index contributed by atoms with van der Waals surface area (Å²) in [5.41, 5.74) is 2.46. The Bertz CT molecular complexity index is 1010. The molecular formula is C21H21N3O5. The number of aryl methyl sites for hydroxylation is 1. The predicted molar refractivity (Wildman–Crippen MR) is 104 cm³/mol. The topological polar surface area (TPSA) is 103 Å². The van der Waals surface area contributed by atoms with Crippen LogP contribution < -0.4 is 4.90 Å². The van der Waals surface area contributed by atoms with Gasteiger partial charge in [0.15, 0.2) is 6.23 Å². The highest BCUT2D eigenvalue weighted by atomic mass is 16.6. The number of rotatable bonds is 2. The lowest BCUT2D eigenvalue weighted by atomic mass is 9.96. The Morgan fingerprint density at radius 2 is 2.24 bits per heavy atom. The van der Waals surface area contributed by atoms with Crippen molar-refractivity contribution in [2.45, 2.75) is 32.2 Å². The van der Waals surface area contributed by atoms with Crippen molar-refractivity contribution < 1.29 is 24.5 Å². The zero-order valence-corrected chi connectivity index (χ0v) is 15.9. The van der Waals surface area contributed by atoms with Gasteiger partial charge in [0, 0.05) is 12.3 Å². The van der Waals surface area contributed by atoms with Crippen LogP contribution in [0.3, 0.4) is 0 Å². The molecule has 8 heteroatoms. The van der Waals surface area contributed by atoms with Gasteiger partial charge < -0.3 is 19.8 Å². The van der Waals surface area contributed by atoms with Crippen molar-refractivity contribution in [1.82, 2.24) is 9.88 Å². The molecule has 2 atom stereocenters. The molecule has 1 aromatic carbocycles. The number of anilines is 1. The number of aliphatic hydroxyl groups excluding tert-OH is 1. The summed E-state index contributed by atoms with van der Waals surface area (Å²) in [5, 5.41) is 21.4. The van der Waals surface area contributed by atoms with Crippen LogP contribution >= 0.6 is 0 Å². The average Bonchev–Trinajstić information content (AvgIpc) is 2.80. The van der Waals surface area contributed by atoms with Crippen LogP contribution in [0.25, 0.3) is 0 Å². The van der Waals surface area contributed by atoms with E-state index in [1.165, 1.54) is 23.1 Å². The summed E-state index contributed by atoms with van der Waals surface area (Å²) < 4.78 is 5.15. The van der Waals surface area contributed by atoms with E-state index in [0.717, 1.165) is 16.2 Å². The molecule has 2 aromatic rings. The Balaban J connectivity index is 1.86. The first kappa shape index (κ1) is 18.9. The highest BCUT2D eigenvalue weighted by Crippen LogP contribution is 2.38. The van der Waals surface area contributed by atoms with Gasteiger partial charge in [-0.2, -0.15) is 0 Å². The minimum atomic E-state index is -1.37. The Morgan fingerprint density at radius 3 is 3.00 bits per heavy atom. The lowest BCUT2D eigenvalue weighted by Gasteiger charge is -2.39. The molecule has 0 saturated carbocycles. The Kier molecular flexibility index (Phi) is 4.71. The number of fused-ring (bicyclic) bond motifs is 3. The van der Waals surface area contributed by atoms with E-state index in [0.29, 0.717) is 12.0 Å². The van der Waals surface area contributed by atoms with Crippen molar-refractivity contribution in [3.05, 3.63) is 65.5 Å². The van der Waals surface area contributed by atoms with Crippen molar-refractivity contribution >= 4 is 17.7 Å². The van der Waals surface area contributed by atoms with E-state index in [2.05, 4.69) is 11.6 Å². The van der Waals surface area contributed by atoms with Crippen molar-refractivity contribution in [2.24, 2.45) is 0 Å². The van der Waals surface area contributed by atoms with Gasteiger partial charge in [0.1, 0.15) is 12.4 Å². The number of carbonyl (C=O) groups excluding carboxylic acids is 2. The summed E-state index contributed by atoms with van der Waals surface area (Å²) in [7, 11) is 0. The fourth-order valence-electron chi connectivity index (χ4n) is 3.83. The van der Waals surface area contributed by atoms with Gasteiger partial charge in [0.2, 0.25) is 0 Å². The maximum absolute atomic E-state index is 13.4. The first-order valence-electron chi connectivity index (χ1n) is 9.24. The van der Waals surface area contributed by atoms with Gasteiger partial charge >= 0.3 is 6.09 Å². The zero-order chi connectivity index (χ0) is 20.7. The molecule has 2 N–H and O–H groups in total. The van der Waals surface area contributed by atoms with Crippen molar-refractivity contribution in [2.75, 3.05) is 11.5 Å². The molecule has 150 valence electrons. The molecule has 2 aliphatic heterocycles. The van der Waals surface area contributed by atoms with Crippen molar-refractivity contribution in [1.29, 1.82) is 0 Å². The quantitative estimate of drug-likeness (QED) is 0.755. The fourth-order valence-corrected chi connectivity index (χ4v) is 3.83. The summed E-state index contributed by atoms with van der Waals surface area (Å²) in [6, 6.07) is 5.83. The lowest BCUT2D eigenvalue weighted by molar-refractivity contribution is 0.0293. The third-order valence-corrected chi connectivity index (χ3v) is 5.33. The molecular weight excluding hydrogens is 374 g/mol. The minimum Gasteiger partial charge on any atom is -0.508 e. The van der Waals surface area contributed by atoms with Gasteiger partial charge in [-0.15, -0.1) is 0 Å². The molecule has 8 nitrogen and oxygen atoms in total. The predicted octanol–water partition coefficient (Wildman–Crippen LogP) is 2.12. The fraction of sp³-hybridized carbons (Fsp3) is 0.286. The van der Waals surface area contributed by atoms with Crippen LogP contribution in [0.4, 0.5) is 10.5 Å². The second-order valence-corrected chi connectivity index (χ2v) is 7.12. The summed E-state index contributed by atoms with van der Waals surface area (Å²) >= 11 is 0. The molecule has 0 spiro atoms. The normalized spacial score (nSPS) is 20.3. The highest BCUT2D eigenvalue weighted by Gasteiger charge is 2.45. The Morgan fingerprint density at radius 1 is 1.45 bits per heavy atom. The largest absolute Gasteiger partial charge is 0.508 e. The lowest BCUT2D eigenvalue weighted by Crippen LogP contribution is -2.55. The van der Waals surface area contributed by atoms with E-state index in [9.17, 15) is 19.8 Å². The molecule has 1 aromatic heterocycles. The number of nitrogens with zero attached hydrogens (tertiary/aromatic N) is 3. The maximum atomic E-state index is 13.4. The second kappa shape index (κ2) is 7.21. The summed E-state index contributed by atoms with van der Waals surface area (Å²) in [5.74, 6) is -0.433. The maximum Gasteiger partial charge on any atom is 0.416 e. The molecule has 4 rings (SSSR count). The van der Waals surface area contributed by atoms with E-state index >= 15 is 0 Å². The Hall–Kier alpha value is -3.39. The standard InChI is InChI=1S/C21H21N3O5/c1-3-7-29-21(28)24-16-10-18(25)12(2)8-14(16)19(26)23-11-15-13(5-4-6-22-15)9-17(23)20(24)27/h3-6,8,10,17,20,25,27H,1,7,9,11H2,2H3/t17-,20?/m0/s1. The van der Waals surface area contributed by atoms with Crippen LogP contribution in [0, 0.1) is 6.92 Å². The SMILES string of the molecule is C=CCOC(=O)N1c2cc(O)c(C)cc2C(=O)N2Cc3ncccc3C[C@H]2C1O. The molecule has 0 aliphatic carbocycles. The van der Waals surface area contributed by atoms with Crippen molar-refractivity contribution in [3.63, 3.8) is 0 Å². The van der Waals surface area contributed by atoms with Crippen LogP contribution in [-0.2, 0) is 17.7 Å². The molecule has 0 radical (unpaired) electrons. The number of phenolic OH excluding ortho intramolecular Hbond substituents is 1. The number of amides is 2. The number of aromatic hydroxyl groups is 1. The third kappa shape index (κ3) is 3.11. The number of phenols is 1. The number of carbonyl (C=O) groups is 2. The first-order chi connectivity index (χ1) is 13.9. The molecule has 3 heterocycles. The molecule has 0 fully saturated rings. The number of benzene rings is 1. The summed E-state index contributed by atoms with van der Waals surface area (Å²) in [6.45, 7) is 5.34. The van der Waals surface area contributed by atoms with E-state index < -0.39 is 18.4 Å². The van der Waals surface area contributed by atoms with Crippen LogP contribution in [0.15, 0.2) is 43.1 Å². The number of ether oxygens (including phenoxy) is 1. The molecule has 2 aliphatic rings. The average molecular weight is 395 g/mol. The number of pyridine rings is 1. The minimum absolute atomic E-state index is 0.0513. The number of hydrogen-bond acceptors (Lipinski definition) is 6. The smallest absolute Gasteiger partial charge is 0.416 e. The summed E-state index contributed by atoms with van der Waals surface area (Å²) in [4.78, 5) is 33.1. The zero-order valence-electron chi connectivity index (χ0n) is 15.9. The number of aromatic nitrogens is 1. The van der Waals surface area contributed by atoms with Crippen LogP contribution in [0.1, 0.15) is 27.2 Å². The Labute approximate surface area is 167 Å². The van der Waals surface area contributed by atoms with Gasteiger partial charge in [-0.1, -0.05) is 18.7 Å². The first-order valence-corrected chi connectivity index (χ1v) is 9.24. The number of aliphatic hydroxyl groups is 1. The molecule has 2 amide bonds. The van der Waals surface area contributed by atoms with E-state index in [1.54, 1.807) is 19.2 Å². The monoisotopic (exact) mass is 395 g/mol. The molecule has 1 unspecified atom stereocenters. The van der Waals surface area contributed by atoms with E-state index in [-0.39, 0.29) is 36.1 Å². The van der Waals surface area contributed by atoms with Crippen LogP contribution in [0.5, 0.6) is 5.75 Å². The van der Waals surface area contributed by atoms with Gasteiger partial charge in [0.05, 0.1) is 29.5 Å². The number of hydrogen-bond donors (Lipinski definition) is 2. The van der Waals surface area contributed by atoms with Crippen LogP contribution in [0.2, 0.25) is 0 Å². The van der Waals surface area contributed by atoms with Gasteiger partial charge in [-0.3, -0.25) is 9.78 Å². The van der Waals surface area contributed by atoms with E-state index in [4.69, 9.17) is 4.74 Å². The molecule has 0 saturated heterocycles. The highest BCUT2D eigenvalue weighted by molar-refractivity contribution is 6.05. The van der Waals surface area contributed by atoms with Gasteiger partial charge in [0.25, 0.3) is 5.91 Å². The van der Waals surface area contributed by atoms with Gasteiger partial charge in [-0.25, -0.2) is 9.69 Å². The molecule has 29 heavy (non-hydrogen) atoms. The second-order valence-electron chi connectivity index (χ2n) is 7.12. The third-order valence-electron chi connectivity index (χ3n) is 5.33. The van der Waals surface area contributed by atoms with Crippen LogP contribution in [-0.4, -0.2) is 51.0 Å². The van der Waals surface area contributed by atoms with Crippen molar-refractivity contribution in [3.8, 4) is 5.75 Å². The summed E-state index contributed by atoms with van der Waals surface area (Å²) in [6.07, 6.45) is 1.21. The van der Waals surface area contributed by atoms with E-state index in [1.807, 2.05) is 6.07 Å². The molecule has 0 bridgehead atoms.